The summed E-state index contributed by atoms with van der Waals surface area (Å²) in [6, 6.07) is 3.43. The minimum atomic E-state index is 0.364. The molecule has 1 aromatic carbocycles. The van der Waals surface area contributed by atoms with Gasteiger partial charge in [-0.05, 0) is 36.0 Å². The van der Waals surface area contributed by atoms with Crippen molar-refractivity contribution in [3.05, 3.63) is 40.4 Å². The molecule has 0 aromatic heterocycles. The van der Waals surface area contributed by atoms with Crippen LogP contribution in [0.1, 0.15) is 25.8 Å². The first-order valence-electron chi connectivity index (χ1n) is 6.97. The number of hydrogen-bond acceptors (Lipinski definition) is 3. The number of rotatable bonds is 7. The molecule has 1 rings (SSSR count). The van der Waals surface area contributed by atoms with E-state index < -0.39 is 0 Å². The Morgan fingerprint density at radius 3 is 2.38 bits per heavy atom. The maximum absolute atomic E-state index is 6.25. The predicted molar refractivity (Wildman–Crippen MR) is 94.2 cm³/mol. The van der Waals surface area contributed by atoms with Crippen molar-refractivity contribution in [2.45, 2.75) is 26.7 Å². The van der Waals surface area contributed by atoms with Crippen molar-refractivity contribution >= 4 is 34.6 Å². The number of anilines is 1. The molecule has 1 atom stereocenters. The Morgan fingerprint density at radius 1 is 1.38 bits per heavy atom. The summed E-state index contributed by atoms with van der Waals surface area (Å²) in [6.45, 7) is 8.25. The lowest BCUT2D eigenvalue weighted by Crippen LogP contribution is -2.17. The van der Waals surface area contributed by atoms with Crippen LogP contribution < -0.4 is 11.2 Å². The van der Waals surface area contributed by atoms with Crippen LogP contribution in [0.3, 0.4) is 0 Å². The summed E-state index contributed by atoms with van der Waals surface area (Å²) < 4.78 is 0. The number of benzene rings is 1. The molecule has 0 radical (unpaired) electrons. The van der Waals surface area contributed by atoms with Gasteiger partial charge in [0.05, 0.1) is 0 Å². The van der Waals surface area contributed by atoms with E-state index >= 15 is 0 Å². The summed E-state index contributed by atoms with van der Waals surface area (Å²) in [4.78, 5) is 0. The molecule has 1 unspecified atom stereocenters. The molecule has 0 aliphatic rings. The predicted octanol–water partition coefficient (Wildman–Crippen LogP) is 4.54. The molecule has 21 heavy (non-hydrogen) atoms. The second-order valence-corrected chi connectivity index (χ2v) is 6.20. The van der Waals surface area contributed by atoms with Gasteiger partial charge in [-0.25, -0.2) is 0 Å². The lowest BCUT2D eigenvalue weighted by atomic mass is 9.89. The van der Waals surface area contributed by atoms with Crippen LogP contribution in [-0.2, 0) is 6.42 Å². The van der Waals surface area contributed by atoms with Gasteiger partial charge in [0.1, 0.15) is 0 Å². The average Bonchev–Trinajstić information content (AvgIpc) is 2.39. The van der Waals surface area contributed by atoms with E-state index in [1.54, 1.807) is 19.2 Å². The molecule has 0 fully saturated rings. The van der Waals surface area contributed by atoms with Crippen LogP contribution in [0.25, 0.3) is 0 Å². The van der Waals surface area contributed by atoms with E-state index in [9.17, 15) is 0 Å². The van der Waals surface area contributed by atoms with Gasteiger partial charge in [0.25, 0.3) is 0 Å². The van der Waals surface area contributed by atoms with Crippen LogP contribution in [0, 0.1) is 11.8 Å². The van der Waals surface area contributed by atoms with Gasteiger partial charge in [-0.1, -0.05) is 43.1 Å². The molecule has 0 aliphatic carbocycles. The van der Waals surface area contributed by atoms with Gasteiger partial charge in [0.2, 0.25) is 0 Å². The highest BCUT2D eigenvalue weighted by atomic mass is 35.5. The van der Waals surface area contributed by atoms with Gasteiger partial charge in [0, 0.05) is 34.9 Å². The summed E-state index contributed by atoms with van der Waals surface area (Å²) in [5.41, 5.74) is 11.0. The van der Waals surface area contributed by atoms with E-state index in [4.69, 9.17) is 28.9 Å². The molecule has 0 heterocycles. The summed E-state index contributed by atoms with van der Waals surface area (Å²) in [5.74, 6) is 0.866. The molecule has 0 spiro atoms. The molecular weight excluding hydrogens is 305 g/mol. The maximum atomic E-state index is 6.25. The number of nitrogens with one attached hydrogen (secondary N) is 1. The van der Waals surface area contributed by atoms with Crippen LogP contribution in [0.2, 0.25) is 10.0 Å². The number of nitrogens with zero attached hydrogens (tertiary/aromatic N) is 1. The van der Waals surface area contributed by atoms with Gasteiger partial charge >= 0.3 is 0 Å². The molecule has 0 amide bonds. The fraction of sp³-hybridized carbons (Fsp3) is 0.438. The van der Waals surface area contributed by atoms with E-state index in [0.29, 0.717) is 34.0 Å². The molecule has 3 N–H and O–H groups in total. The molecular formula is C16H23Cl2N3. The van der Waals surface area contributed by atoms with Crippen LogP contribution in [0.5, 0.6) is 0 Å². The normalized spacial score (nSPS) is 13.3. The molecule has 0 aliphatic heterocycles. The van der Waals surface area contributed by atoms with Crippen molar-refractivity contribution in [3.63, 3.8) is 0 Å². The van der Waals surface area contributed by atoms with Crippen LogP contribution in [0.15, 0.2) is 29.9 Å². The number of allylic oxidation sites excluding steroid dienone is 1. The fourth-order valence-electron chi connectivity index (χ4n) is 2.17. The third kappa shape index (κ3) is 5.25. The van der Waals surface area contributed by atoms with Crippen LogP contribution in [-0.4, -0.2) is 12.8 Å². The lowest BCUT2D eigenvalue weighted by molar-refractivity contribution is 0.478. The van der Waals surface area contributed by atoms with Gasteiger partial charge in [0.15, 0.2) is 0 Å². The highest BCUT2D eigenvalue weighted by molar-refractivity contribution is 6.36. The first-order chi connectivity index (χ1) is 9.88. The Morgan fingerprint density at radius 2 is 1.95 bits per heavy atom. The highest BCUT2D eigenvalue weighted by Gasteiger charge is 2.16. The molecule has 0 bridgehead atoms. The second kappa shape index (κ2) is 8.30. The van der Waals surface area contributed by atoms with Crippen molar-refractivity contribution in [3.8, 4) is 0 Å². The topological polar surface area (TPSA) is 50.4 Å². The number of halogens is 2. The minimum absolute atomic E-state index is 0.364. The zero-order valence-corrected chi connectivity index (χ0v) is 14.3. The van der Waals surface area contributed by atoms with Crippen molar-refractivity contribution < 1.29 is 0 Å². The quantitative estimate of drug-likeness (QED) is 0.334. The third-order valence-electron chi connectivity index (χ3n) is 3.44. The van der Waals surface area contributed by atoms with E-state index in [1.165, 1.54) is 0 Å². The van der Waals surface area contributed by atoms with E-state index in [-0.39, 0.29) is 0 Å². The van der Waals surface area contributed by atoms with E-state index in [2.05, 4.69) is 31.0 Å². The molecule has 116 valence electrons. The lowest BCUT2D eigenvalue weighted by Gasteiger charge is -2.18. The van der Waals surface area contributed by atoms with Gasteiger partial charge in [-0.3, -0.25) is 0 Å². The maximum Gasteiger partial charge on any atom is 0.0477 e. The Bertz CT molecular complexity index is 501. The first kappa shape index (κ1) is 17.9. The van der Waals surface area contributed by atoms with E-state index in [1.807, 2.05) is 6.08 Å². The highest BCUT2D eigenvalue weighted by Crippen LogP contribution is 2.29. The molecule has 1 aromatic rings. The molecule has 5 heteroatoms. The first-order valence-corrected chi connectivity index (χ1v) is 7.72. The summed E-state index contributed by atoms with van der Waals surface area (Å²) >= 11 is 12.5. The standard InChI is InChI=1S/C16H23Cl2N3/c1-5-11(10(2)3)6-13(21-20-4)9-14-15(17)7-12(19)8-16(14)18/h5,7-8,10-11,20H,1,6,9,19H2,2-4H3/b21-13+. The van der Waals surface area contributed by atoms with Crippen molar-refractivity contribution in [2.24, 2.45) is 16.9 Å². The summed E-state index contributed by atoms with van der Waals surface area (Å²) in [7, 11) is 1.78. The Balaban J connectivity index is 3.00. The molecule has 3 nitrogen and oxygen atoms in total. The Hall–Kier alpha value is -1.19. The van der Waals surface area contributed by atoms with Gasteiger partial charge in [-0.2, -0.15) is 5.10 Å². The van der Waals surface area contributed by atoms with Gasteiger partial charge < -0.3 is 11.2 Å². The number of nitrogen functional groups attached to an aromatic ring is 1. The van der Waals surface area contributed by atoms with E-state index in [0.717, 1.165) is 17.7 Å². The van der Waals surface area contributed by atoms with Crippen LogP contribution in [0.4, 0.5) is 5.69 Å². The Labute approximate surface area is 137 Å². The summed E-state index contributed by atoms with van der Waals surface area (Å²) in [6.07, 6.45) is 3.39. The second-order valence-electron chi connectivity index (χ2n) is 5.39. The van der Waals surface area contributed by atoms with Crippen molar-refractivity contribution in [1.29, 1.82) is 0 Å². The average molecular weight is 328 g/mol. The Kier molecular flexibility index (Phi) is 7.06. The molecule has 0 saturated carbocycles. The monoisotopic (exact) mass is 327 g/mol. The summed E-state index contributed by atoms with van der Waals surface area (Å²) in [5, 5.41) is 5.51. The third-order valence-corrected chi connectivity index (χ3v) is 4.12. The smallest absolute Gasteiger partial charge is 0.0477 e. The zero-order valence-electron chi connectivity index (χ0n) is 12.8. The number of hydrogen-bond donors (Lipinski definition) is 2. The SMILES string of the molecule is C=CC(C/C(Cc1c(Cl)cc(N)cc1Cl)=N\NC)C(C)C. The fourth-order valence-corrected chi connectivity index (χ4v) is 2.81. The number of hydrazone groups is 1. The molecule has 0 saturated heterocycles. The number of nitrogens with two attached hydrogens (primary N) is 1. The zero-order chi connectivity index (χ0) is 16.0. The minimum Gasteiger partial charge on any atom is -0.399 e. The largest absolute Gasteiger partial charge is 0.399 e. The van der Waals surface area contributed by atoms with Crippen molar-refractivity contribution in [2.75, 3.05) is 12.8 Å². The van der Waals surface area contributed by atoms with Crippen LogP contribution >= 0.6 is 23.2 Å². The van der Waals surface area contributed by atoms with Gasteiger partial charge in [-0.15, -0.1) is 6.58 Å². The van der Waals surface area contributed by atoms with Crippen molar-refractivity contribution in [1.82, 2.24) is 5.43 Å².